The Labute approximate surface area is 204 Å². The van der Waals surface area contributed by atoms with Crippen molar-refractivity contribution in [3.8, 4) is 33.4 Å². The molecule has 0 atom stereocenters. The maximum Gasteiger partial charge on any atom is 0.148 e. The van der Waals surface area contributed by atoms with Crippen LogP contribution in [-0.2, 0) is 0 Å². The molecule has 0 fully saturated rings. The molecule has 3 nitrogen and oxygen atoms in total. The molecule has 5 aromatic carbocycles. The van der Waals surface area contributed by atoms with Gasteiger partial charge in [0.05, 0.1) is 5.69 Å². The van der Waals surface area contributed by atoms with Gasteiger partial charge >= 0.3 is 0 Å². The van der Waals surface area contributed by atoms with Crippen molar-refractivity contribution in [2.24, 2.45) is 0 Å². The molecule has 0 saturated carbocycles. The summed E-state index contributed by atoms with van der Waals surface area (Å²) in [6, 6.07) is 40.8. The van der Waals surface area contributed by atoms with Crippen LogP contribution in [0.15, 0.2) is 128 Å². The first-order chi connectivity index (χ1) is 17.4. The highest BCUT2D eigenvalue weighted by Crippen LogP contribution is 2.50. The highest BCUT2D eigenvalue weighted by Gasteiger charge is 2.27. The lowest BCUT2D eigenvalue weighted by atomic mass is 9.89. The van der Waals surface area contributed by atoms with E-state index in [1.165, 1.54) is 38.6 Å². The van der Waals surface area contributed by atoms with Crippen LogP contribution in [0.2, 0.25) is 0 Å². The van der Waals surface area contributed by atoms with Crippen molar-refractivity contribution in [3.63, 3.8) is 0 Å². The topological polar surface area (TPSA) is 29.0 Å². The number of rotatable bonds is 3. The molecule has 1 aliphatic heterocycles. The van der Waals surface area contributed by atoms with Gasteiger partial charge in [-0.15, -0.1) is 0 Å². The third-order valence-corrected chi connectivity index (χ3v) is 6.73. The molecule has 0 amide bonds. The predicted octanol–water partition coefficient (Wildman–Crippen LogP) is 8.41. The van der Waals surface area contributed by atoms with Gasteiger partial charge in [-0.3, -0.25) is 4.90 Å². The Morgan fingerprint density at radius 2 is 1.23 bits per heavy atom. The summed E-state index contributed by atoms with van der Waals surface area (Å²) in [6.07, 6.45) is 3.57. The van der Waals surface area contributed by atoms with Crippen LogP contribution in [0.5, 0.6) is 0 Å². The summed E-state index contributed by atoms with van der Waals surface area (Å²) in [4.78, 5) is 11.4. The van der Waals surface area contributed by atoms with Crippen LogP contribution in [0.4, 0.5) is 17.2 Å². The third-order valence-electron chi connectivity index (χ3n) is 6.73. The zero-order chi connectivity index (χ0) is 23.2. The van der Waals surface area contributed by atoms with Crippen molar-refractivity contribution in [1.29, 1.82) is 0 Å². The van der Waals surface area contributed by atoms with E-state index in [9.17, 15) is 0 Å². The van der Waals surface area contributed by atoms with Crippen molar-refractivity contribution in [2.75, 3.05) is 4.90 Å². The molecule has 1 aromatic heterocycles. The van der Waals surface area contributed by atoms with Gasteiger partial charge in [-0.2, -0.15) is 0 Å². The molecule has 6 aromatic rings. The van der Waals surface area contributed by atoms with E-state index in [4.69, 9.17) is 4.98 Å². The van der Waals surface area contributed by atoms with Crippen LogP contribution in [0.3, 0.4) is 0 Å². The lowest BCUT2D eigenvalue weighted by Crippen LogP contribution is -2.16. The third kappa shape index (κ3) is 3.21. The number of para-hydroxylation sites is 1. The molecule has 0 spiro atoms. The van der Waals surface area contributed by atoms with Crippen LogP contribution in [0.1, 0.15) is 0 Å². The fourth-order valence-electron chi connectivity index (χ4n) is 5.10. The Hall–Kier alpha value is -4.76. The Bertz CT molecular complexity index is 1670. The van der Waals surface area contributed by atoms with E-state index in [2.05, 4.69) is 113 Å². The molecular formula is C32H21N3. The second-order valence-corrected chi connectivity index (χ2v) is 8.77. The summed E-state index contributed by atoms with van der Waals surface area (Å²) in [5.41, 5.74) is 9.27. The number of nitrogens with zero attached hydrogens (tertiary/aromatic N) is 3. The molecular weight excluding hydrogens is 426 g/mol. The van der Waals surface area contributed by atoms with Gasteiger partial charge in [-0.25, -0.2) is 9.97 Å². The fraction of sp³-hybridized carbons (Fsp3) is 0. The normalized spacial score (nSPS) is 11.9. The van der Waals surface area contributed by atoms with E-state index in [0.717, 1.165) is 22.8 Å². The number of benzene rings is 5. The van der Waals surface area contributed by atoms with Gasteiger partial charge in [0.25, 0.3) is 0 Å². The zero-order valence-electron chi connectivity index (χ0n) is 19.0. The maximum absolute atomic E-state index is 4.73. The minimum absolute atomic E-state index is 0.905. The summed E-state index contributed by atoms with van der Waals surface area (Å²) in [5, 5.41) is 2.43. The molecule has 0 N–H and O–H groups in total. The van der Waals surface area contributed by atoms with Crippen LogP contribution in [0, 0.1) is 0 Å². The highest BCUT2D eigenvalue weighted by molar-refractivity contribution is 6.14. The molecule has 3 heteroatoms. The van der Waals surface area contributed by atoms with E-state index in [-0.39, 0.29) is 0 Å². The number of anilines is 3. The molecule has 0 aliphatic carbocycles. The molecule has 0 bridgehead atoms. The lowest BCUT2D eigenvalue weighted by molar-refractivity contribution is 1.11. The Morgan fingerprint density at radius 3 is 2.00 bits per heavy atom. The second kappa shape index (κ2) is 7.93. The average molecular weight is 448 g/mol. The van der Waals surface area contributed by atoms with Gasteiger partial charge in [0.15, 0.2) is 0 Å². The minimum atomic E-state index is 0.905. The first kappa shape index (κ1) is 19.7. The molecule has 1 aliphatic rings. The molecule has 0 radical (unpaired) electrons. The average Bonchev–Trinajstić information content (AvgIpc) is 2.94. The lowest BCUT2D eigenvalue weighted by Gasteiger charge is -2.32. The summed E-state index contributed by atoms with van der Waals surface area (Å²) in [7, 11) is 0. The minimum Gasteiger partial charge on any atom is -0.294 e. The summed E-state index contributed by atoms with van der Waals surface area (Å²) < 4.78 is 0. The summed E-state index contributed by atoms with van der Waals surface area (Å²) in [5.74, 6) is 0.905. The Kier molecular flexibility index (Phi) is 4.46. The standard InChI is InChI=1S/C32H21N3/c1-3-8-22(9-4-1)23-14-16-24(17-15-23)26-18-25-10-7-13-30-31(25)28(19-26)29-20-33-21-34-32(29)35(30)27-11-5-2-6-12-27/h1-21H. The summed E-state index contributed by atoms with van der Waals surface area (Å²) in [6.45, 7) is 0. The molecule has 7 rings (SSSR count). The molecule has 2 heterocycles. The van der Waals surface area contributed by atoms with Gasteiger partial charge in [-0.1, -0.05) is 84.9 Å². The smallest absolute Gasteiger partial charge is 0.148 e. The van der Waals surface area contributed by atoms with Crippen LogP contribution < -0.4 is 4.90 Å². The number of fused-ring (bicyclic) bond motifs is 2. The largest absolute Gasteiger partial charge is 0.294 e. The molecule has 0 saturated heterocycles. The highest BCUT2D eigenvalue weighted by atomic mass is 15.2. The number of aromatic nitrogens is 2. The van der Waals surface area contributed by atoms with E-state index in [0.29, 0.717) is 0 Å². The van der Waals surface area contributed by atoms with Crippen LogP contribution in [0.25, 0.3) is 44.2 Å². The maximum atomic E-state index is 4.73. The van der Waals surface area contributed by atoms with Crippen LogP contribution in [-0.4, -0.2) is 9.97 Å². The van der Waals surface area contributed by atoms with Gasteiger partial charge in [0.2, 0.25) is 0 Å². The predicted molar refractivity (Wildman–Crippen MR) is 144 cm³/mol. The van der Waals surface area contributed by atoms with Crippen molar-refractivity contribution in [1.82, 2.24) is 9.97 Å². The van der Waals surface area contributed by atoms with Crippen molar-refractivity contribution < 1.29 is 0 Å². The van der Waals surface area contributed by atoms with E-state index in [1.807, 2.05) is 18.3 Å². The van der Waals surface area contributed by atoms with Gasteiger partial charge in [0.1, 0.15) is 12.1 Å². The van der Waals surface area contributed by atoms with Gasteiger partial charge in [-0.05, 0) is 63.5 Å². The Morgan fingerprint density at radius 1 is 0.543 bits per heavy atom. The first-order valence-corrected chi connectivity index (χ1v) is 11.7. The first-order valence-electron chi connectivity index (χ1n) is 11.7. The SMILES string of the molecule is c1ccc(-c2ccc(-c3cc4c5c(cccc5c3)N(c3ccccc3)c3ncncc3-4)cc2)cc1. The number of hydrogen-bond donors (Lipinski definition) is 0. The molecule has 0 unspecified atom stereocenters. The molecule has 35 heavy (non-hydrogen) atoms. The van der Waals surface area contributed by atoms with Crippen molar-refractivity contribution in [2.45, 2.75) is 0 Å². The van der Waals surface area contributed by atoms with Crippen molar-refractivity contribution in [3.05, 3.63) is 128 Å². The monoisotopic (exact) mass is 447 g/mol. The summed E-state index contributed by atoms with van der Waals surface area (Å²) >= 11 is 0. The van der Waals surface area contributed by atoms with Gasteiger partial charge in [0, 0.05) is 22.8 Å². The van der Waals surface area contributed by atoms with E-state index in [1.54, 1.807) is 6.33 Å². The van der Waals surface area contributed by atoms with E-state index < -0.39 is 0 Å². The molecule has 164 valence electrons. The number of hydrogen-bond acceptors (Lipinski definition) is 3. The Balaban J connectivity index is 1.42. The second-order valence-electron chi connectivity index (χ2n) is 8.77. The zero-order valence-corrected chi connectivity index (χ0v) is 19.0. The van der Waals surface area contributed by atoms with Crippen molar-refractivity contribution >= 4 is 28.0 Å². The quantitative estimate of drug-likeness (QED) is 0.272. The van der Waals surface area contributed by atoms with E-state index >= 15 is 0 Å². The van der Waals surface area contributed by atoms with Crippen LogP contribution >= 0.6 is 0 Å². The van der Waals surface area contributed by atoms with Gasteiger partial charge < -0.3 is 0 Å². The fourth-order valence-corrected chi connectivity index (χ4v) is 5.10.